The molecule has 0 aliphatic rings. The van der Waals surface area contributed by atoms with E-state index in [9.17, 15) is 9.59 Å². The minimum Gasteiger partial charge on any atom is -0.462 e. The van der Waals surface area contributed by atoms with Crippen LogP contribution in [0.2, 0.25) is 0 Å². The lowest BCUT2D eigenvalue weighted by molar-refractivity contribution is 0.0531. The van der Waals surface area contributed by atoms with Crippen LogP contribution in [0.4, 0.5) is 0 Å². The fourth-order valence-corrected chi connectivity index (χ4v) is 2.94. The summed E-state index contributed by atoms with van der Waals surface area (Å²) < 4.78 is 5.02. The Morgan fingerprint density at radius 3 is 2.94 bits per heavy atom. The molecule has 0 aliphatic heterocycles. The van der Waals surface area contributed by atoms with Crippen molar-refractivity contribution in [3.8, 4) is 0 Å². The summed E-state index contributed by atoms with van der Waals surface area (Å²) in [4.78, 5) is 31.4. The van der Waals surface area contributed by atoms with Crippen LogP contribution in [-0.4, -0.2) is 22.5 Å². The van der Waals surface area contributed by atoms with Gasteiger partial charge in [-0.15, -0.1) is 11.3 Å². The van der Waals surface area contributed by atoms with Gasteiger partial charge in [0, 0.05) is 0 Å². The lowest BCUT2D eigenvalue weighted by Crippen LogP contribution is -2.09. The van der Waals surface area contributed by atoms with Gasteiger partial charge in [-0.2, -0.15) is 0 Å². The Morgan fingerprint density at radius 2 is 2.28 bits per heavy atom. The van der Waals surface area contributed by atoms with Gasteiger partial charge >= 0.3 is 5.97 Å². The molecule has 18 heavy (non-hydrogen) atoms. The minimum atomic E-state index is -0.372. The van der Waals surface area contributed by atoms with Gasteiger partial charge in [0.1, 0.15) is 9.71 Å². The maximum absolute atomic E-state index is 11.9. The number of H-pyrrole nitrogens is 1. The van der Waals surface area contributed by atoms with Crippen LogP contribution in [0.3, 0.4) is 0 Å². The van der Waals surface area contributed by atoms with Crippen molar-refractivity contribution >= 4 is 27.5 Å². The number of hydrogen-bond acceptors (Lipinski definition) is 5. The van der Waals surface area contributed by atoms with Crippen molar-refractivity contribution in [2.45, 2.75) is 26.7 Å². The second kappa shape index (κ2) is 5.30. The van der Waals surface area contributed by atoms with Crippen molar-refractivity contribution in [3.63, 3.8) is 0 Å². The topological polar surface area (TPSA) is 72.0 Å². The number of thiophene rings is 1. The number of fused-ring (bicyclic) bond motifs is 1. The minimum absolute atomic E-state index is 0.199. The average Bonchev–Trinajstić information content (AvgIpc) is 2.70. The number of carbonyl (C=O) groups excluding carboxylic acids is 1. The molecule has 5 nitrogen and oxygen atoms in total. The first kappa shape index (κ1) is 12.8. The molecule has 1 N–H and O–H groups in total. The number of ether oxygens (including phenoxy) is 1. The third-order valence-electron chi connectivity index (χ3n) is 2.55. The zero-order valence-electron chi connectivity index (χ0n) is 10.3. The number of nitrogens with one attached hydrogen (secondary N) is 1. The number of rotatable bonds is 4. The molecule has 0 saturated carbocycles. The largest absolute Gasteiger partial charge is 0.462 e. The van der Waals surface area contributed by atoms with Crippen LogP contribution in [0.25, 0.3) is 10.2 Å². The van der Waals surface area contributed by atoms with Gasteiger partial charge in [-0.3, -0.25) is 4.79 Å². The Bertz CT molecular complexity index is 630. The van der Waals surface area contributed by atoms with E-state index in [0.717, 1.165) is 12.0 Å². The summed E-state index contributed by atoms with van der Waals surface area (Å²) in [6, 6.07) is 0. The molecule has 0 unspecified atom stereocenters. The Labute approximate surface area is 108 Å². The number of aromatic amines is 1. The summed E-state index contributed by atoms with van der Waals surface area (Å²) >= 11 is 1.22. The zero-order valence-corrected chi connectivity index (χ0v) is 11.1. The van der Waals surface area contributed by atoms with Crippen molar-refractivity contribution in [1.29, 1.82) is 0 Å². The molecule has 0 aromatic carbocycles. The second-order valence-electron chi connectivity index (χ2n) is 3.79. The molecular formula is C12H14N2O3S. The van der Waals surface area contributed by atoms with Gasteiger partial charge < -0.3 is 9.72 Å². The van der Waals surface area contributed by atoms with Crippen LogP contribution in [0, 0.1) is 0 Å². The second-order valence-corrected chi connectivity index (χ2v) is 4.79. The number of nitrogens with zero attached hydrogens (tertiary/aromatic N) is 1. The van der Waals surface area contributed by atoms with E-state index in [1.54, 1.807) is 6.92 Å². The summed E-state index contributed by atoms with van der Waals surface area (Å²) in [5, 5.41) is 0.521. The normalized spacial score (nSPS) is 10.8. The molecule has 0 fully saturated rings. The Morgan fingerprint density at radius 1 is 1.50 bits per heavy atom. The maximum atomic E-state index is 11.9. The van der Waals surface area contributed by atoms with Gasteiger partial charge in [-0.1, -0.05) is 13.3 Å². The highest BCUT2D eigenvalue weighted by atomic mass is 32.1. The van der Waals surface area contributed by atoms with Crippen molar-refractivity contribution < 1.29 is 9.53 Å². The van der Waals surface area contributed by atoms with E-state index in [2.05, 4.69) is 9.97 Å². The lowest BCUT2D eigenvalue weighted by Gasteiger charge is -2.02. The van der Waals surface area contributed by atoms with Gasteiger partial charge in [0.15, 0.2) is 0 Å². The van der Waals surface area contributed by atoms with Gasteiger partial charge in [0.2, 0.25) is 0 Å². The van der Waals surface area contributed by atoms with Crippen molar-refractivity contribution in [2.75, 3.05) is 6.61 Å². The first-order valence-electron chi connectivity index (χ1n) is 5.85. The van der Waals surface area contributed by atoms with Gasteiger partial charge in [-0.25, -0.2) is 9.78 Å². The van der Waals surface area contributed by atoms with Crippen LogP contribution < -0.4 is 5.56 Å². The first-order valence-corrected chi connectivity index (χ1v) is 6.66. The van der Waals surface area contributed by atoms with Crippen LogP contribution in [0.15, 0.2) is 11.1 Å². The number of carbonyl (C=O) groups is 1. The molecule has 0 amide bonds. The number of aryl methyl sites for hydroxylation is 1. The number of hydrogen-bond donors (Lipinski definition) is 1. The van der Waals surface area contributed by atoms with Crippen LogP contribution >= 0.6 is 11.3 Å². The van der Waals surface area contributed by atoms with Crippen LogP contribution in [0.1, 0.15) is 35.5 Å². The first-order chi connectivity index (χ1) is 8.69. The summed E-state index contributed by atoms with van der Waals surface area (Å²) in [6.45, 7) is 4.08. The Kier molecular flexibility index (Phi) is 3.76. The maximum Gasteiger partial charge on any atom is 0.348 e. The molecule has 0 spiro atoms. The molecule has 0 saturated heterocycles. The van der Waals surface area contributed by atoms with Crippen molar-refractivity contribution in [3.05, 3.63) is 27.1 Å². The predicted molar refractivity (Wildman–Crippen MR) is 70.2 cm³/mol. The molecule has 0 aliphatic carbocycles. The molecule has 0 atom stereocenters. The molecule has 2 rings (SSSR count). The van der Waals surface area contributed by atoms with E-state index < -0.39 is 0 Å². The molecule has 96 valence electrons. The van der Waals surface area contributed by atoms with Crippen LogP contribution in [0.5, 0.6) is 0 Å². The van der Waals surface area contributed by atoms with Crippen molar-refractivity contribution in [1.82, 2.24) is 9.97 Å². The predicted octanol–water partition coefficient (Wildman–Crippen LogP) is 2.11. The van der Waals surface area contributed by atoms with E-state index >= 15 is 0 Å². The summed E-state index contributed by atoms with van der Waals surface area (Å²) in [7, 11) is 0. The average molecular weight is 266 g/mol. The quantitative estimate of drug-likeness (QED) is 0.860. The fraction of sp³-hybridized carbons (Fsp3) is 0.417. The summed E-state index contributed by atoms with van der Waals surface area (Å²) in [5.41, 5.74) is 0.556. The number of aromatic nitrogens is 2. The Balaban J connectivity index is 2.66. The van der Waals surface area contributed by atoms with E-state index in [4.69, 9.17) is 4.74 Å². The SMILES string of the molecule is CCCc1c(C(=O)OCC)sc2nc[nH]c(=O)c12. The van der Waals surface area contributed by atoms with E-state index in [1.807, 2.05) is 6.92 Å². The third-order valence-corrected chi connectivity index (χ3v) is 3.67. The van der Waals surface area contributed by atoms with Crippen LogP contribution in [-0.2, 0) is 11.2 Å². The monoisotopic (exact) mass is 266 g/mol. The molecule has 0 radical (unpaired) electrons. The molecule has 2 heterocycles. The standard InChI is InChI=1S/C12H14N2O3S/c1-3-5-7-8-10(15)13-6-14-11(8)18-9(7)12(16)17-4-2/h6H,3-5H2,1-2H3,(H,13,14,15). The highest BCUT2D eigenvalue weighted by molar-refractivity contribution is 7.20. The van der Waals surface area contributed by atoms with E-state index in [0.29, 0.717) is 28.1 Å². The van der Waals surface area contributed by atoms with Gasteiger partial charge in [-0.05, 0) is 18.9 Å². The van der Waals surface area contributed by atoms with Gasteiger partial charge in [0.25, 0.3) is 5.56 Å². The molecule has 2 aromatic rings. The molecule has 2 aromatic heterocycles. The number of esters is 1. The Hall–Kier alpha value is -1.69. The molecule has 0 bridgehead atoms. The van der Waals surface area contributed by atoms with E-state index in [1.165, 1.54) is 17.7 Å². The highest BCUT2D eigenvalue weighted by Gasteiger charge is 2.21. The summed E-state index contributed by atoms with van der Waals surface area (Å²) in [6.07, 6.45) is 2.88. The molecule has 6 heteroatoms. The van der Waals surface area contributed by atoms with Gasteiger partial charge in [0.05, 0.1) is 18.3 Å². The molecular weight excluding hydrogens is 252 g/mol. The smallest absolute Gasteiger partial charge is 0.348 e. The summed E-state index contributed by atoms with van der Waals surface area (Å²) in [5.74, 6) is -0.372. The lowest BCUT2D eigenvalue weighted by atomic mass is 10.1. The third kappa shape index (κ3) is 2.15. The van der Waals surface area contributed by atoms with Crippen molar-refractivity contribution in [2.24, 2.45) is 0 Å². The zero-order chi connectivity index (χ0) is 13.1. The highest BCUT2D eigenvalue weighted by Crippen LogP contribution is 2.29. The van der Waals surface area contributed by atoms with E-state index in [-0.39, 0.29) is 11.5 Å². The fourth-order valence-electron chi connectivity index (χ4n) is 1.85.